The Kier molecular flexibility index (Phi) is 4.38. The van der Waals surface area contributed by atoms with Gasteiger partial charge < -0.3 is 10.3 Å². The Balaban J connectivity index is 1.31. The number of pyridine rings is 1. The maximum atomic E-state index is 12.1. The van der Waals surface area contributed by atoms with Gasteiger partial charge in [-0.15, -0.1) is 10.2 Å². The van der Waals surface area contributed by atoms with Crippen LogP contribution in [0.25, 0.3) is 22.3 Å². The average Bonchev–Trinajstić information content (AvgIpc) is 3.30. The molecule has 0 saturated carbocycles. The Bertz CT molecular complexity index is 1020. The lowest BCUT2D eigenvalue weighted by Crippen LogP contribution is -2.30. The van der Waals surface area contributed by atoms with Gasteiger partial charge in [0.05, 0.1) is 0 Å². The van der Waals surface area contributed by atoms with Gasteiger partial charge in [0.15, 0.2) is 0 Å². The number of carbonyl (C=O) groups excluding carboxylic acids is 1. The minimum Gasteiger partial charge on any atom is -0.361 e. The Morgan fingerprint density at radius 2 is 2.12 bits per heavy atom. The zero-order valence-electron chi connectivity index (χ0n) is 14.0. The second-order valence-electron chi connectivity index (χ2n) is 5.84. The summed E-state index contributed by atoms with van der Waals surface area (Å²) in [6.45, 7) is 0.575. The standard InChI is InChI=1S/C18H17N7O/c26-17(12-25-23-18(22-24-25)14-4-3-8-19-10-14)20-9-7-13-11-21-16-6-2-1-5-15(13)16/h1-6,8,10-11,21H,7,9,12H2,(H,20,26). The number of para-hydroxylation sites is 1. The van der Waals surface area contributed by atoms with Crippen LogP contribution in [0.1, 0.15) is 5.56 Å². The number of aromatic nitrogens is 6. The summed E-state index contributed by atoms with van der Waals surface area (Å²) in [4.78, 5) is 20.6. The number of nitrogens with one attached hydrogen (secondary N) is 2. The van der Waals surface area contributed by atoms with Crippen molar-refractivity contribution in [3.63, 3.8) is 0 Å². The third-order valence-electron chi connectivity index (χ3n) is 4.05. The van der Waals surface area contributed by atoms with Gasteiger partial charge in [0, 0.05) is 41.6 Å². The highest BCUT2D eigenvalue weighted by atomic mass is 16.2. The van der Waals surface area contributed by atoms with E-state index in [0.29, 0.717) is 12.4 Å². The topological polar surface area (TPSA) is 101 Å². The quantitative estimate of drug-likeness (QED) is 0.551. The Morgan fingerprint density at radius 1 is 1.19 bits per heavy atom. The van der Waals surface area contributed by atoms with Crippen molar-refractivity contribution in [2.75, 3.05) is 6.54 Å². The molecule has 8 nitrogen and oxygen atoms in total. The summed E-state index contributed by atoms with van der Waals surface area (Å²) in [5.41, 5.74) is 3.04. The van der Waals surface area contributed by atoms with Gasteiger partial charge in [-0.05, 0) is 35.4 Å². The summed E-state index contributed by atoms with van der Waals surface area (Å²) < 4.78 is 0. The van der Waals surface area contributed by atoms with E-state index in [9.17, 15) is 4.79 Å². The van der Waals surface area contributed by atoms with Crippen LogP contribution in [0.2, 0.25) is 0 Å². The molecule has 0 bridgehead atoms. The summed E-state index contributed by atoms with van der Waals surface area (Å²) in [5.74, 6) is 0.296. The van der Waals surface area contributed by atoms with Crippen molar-refractivity contribution in [1.29, 1.82) is 0 Å². The maximum absolute atomic E-state index is 12.1. The molecule has 26 heavy (non-hydrogen) atoms. The normalized spacial score (nSPS) is 10.9. The first-order chi connectivity index (χ1) is 12.8. The number of fused-ring (bicyclic) bond motifs is 1. The Labute approximate surface area is 149 Å². The van der Waals surface area contributed by atoms with Gasteiger partial charge in [0.25, 0.3) is 0 Å². The van der Waals surface area contributed by atoms with Crippen molar-refractivity contribution < 1.29 is 4.79 Å². The largest absolute Gasteiger partial charge is 0.361 e. The lowest BCUT2D eigenvalue weighted by atomic mass is 10.1. The highest BCUT2D eigenvalue weighted by molar-refractivity contribution is 5.83. The first kappa shape index (κ1) is 15.9. The molecule has 2 N–H and O–H groups in total. The molecule has 0 unspecified atom stereocenters. The summed E-state index contributed by atoms with van der Waals surface area (Å²) in [6, 6.07) is 11.8. The van der Waals surface area contributed by atoms with Crippen molar-refractivity contribution >= 4 is 16.8 Å². The van der Waals surface area contributed by atoms with Gasteiger partial charge in [0.1, 0.15) is 6.54 Å². The lowest BCUT2D eigenvalue weighted by molar-refractivity contribution is -0.122. The molecule has 4 aromatic rings. The molecule has 0 spiro atoms. The van der Waals surface area contributed by atoms with Crippen LogP contribution in [-0.2, 0) is 17.8 Å². The lowest BCUT2D eigenvalue weighted by Gasteiger charge is -2.04. The number of hydrogen-bond acceptors (Lipinski definition) is 5. The number of benzene rings is 1. The van der Waals surface area contributed by atoms with E-state index in [1.165, 1.54) is 15.7 Å². The second kappa shape index (κ2) is 7.14. The highest BCUT2D eigenvalue weighted by Crippen LogP contribution is 2.17. The predicted octanol–water partition coefficient (Wildman–Crippen LogP) is 1.58. The SMILES string of the molecule is O=C(Cn1nnc(-c2cccnc2)n1)NCCc1c[nH]c2ccccc12. The first-order valence-electron chi connectivity index (χ1n) is 8.29. The molecular formula is C18H17N7O. The molecule has 1 aromatic carbocycles. The van der Waals surface area contributed by atoms with Gasteiger partial charge in [-0.2, -0.15) is 4.80 Å². The molecule has 130 valence electrons. The summed E-state index contributed by atoms with van der Waals surface area (Å²) >= 11 is 0. The Morgan fingerprint density at radius 3 is 3.00 bits per heavy atom. The van der Waals surface area contributed by atoms with Crippen molar-refractivity contribution in [1.82, 2.24) is 35.5 Å². The molecule has 1 amide bonds. The number of nitrogens with zero attached hydrogens (tertiary/aromatic N) is 5. The highest BCUT2D eigenvalue weighted by Gasteiger charge is 2.09. The van der Waals surface area contributed by atoms with Crippen LogP contribution >= 0.6 is 0 Å². The van der Waals surface area contributed by atoms with Crippen LogP contribution in [0.4, 0.5) is 0 Å². The van der Waals surface area contributed by atoms with E-state index < -0.39 is 0 Å². The third-order valence-corrected chi connectivity index (χ3v) is 4.05. The van der Waals surface area contributed by atoms with E-state index in [4.69, 9.17) is 0 Å². The third kappa shape index (κ3) is 3.44. The molecule has 0 aliphatic rings. The minimum absolute atomic E-state index is 0.0289. The van der Waals surface area contributed by atoms with Crippen LogP contribution in [0.15, 0.2) is 55.0 Å². The average molecular weight is 347 g/mol. The van der Waals surface area contributed by atoms with Crippen LogP contribution < -0.4 is 5.32 Å². The molecule has 8 heteroatoms. The van der Waals surface area contributed by atoms with Crippen molar-refractivity contribution in [2.45, 2.75) is 13.0 Å². The van der Waals surface area contributed by atoms with Gasteiger partial charge in [-0.1, -0.05) is 18.2 Å². The van der Waals surface area contributed by atoms with Crippen LogP contribution in [0, 0.1) is 0 Å². The molecule has 0 atom stereocenters. The molecule has 3 heterocycles. The smallest absolute Gasteiger partial charge is 0.243 e. The van der Waals surface area contributed by atoms with E-state index >= 15 is 0 Å². The monoisotopic (exact) mass is 347 g/mol. The molecular weight excluding hydrogens is 330 g/mol. The zero-order chi connectivity index (χ0) is 17.8. The van der Waals surface area contributed by atoms with Crippen molar-refractivity contribution in [2.24, 2.45) is 0 Å². The molecule has 0 radical (unpaired) electrons. The van der Waals surface area contributed by atoms with E-state index in [-0.39, 0.29) is 12.5 Å². The number of H-pyrrole nitrogens is 1. The number of tetrazole rings is 1. The number of hydrogen-bond donors (Lipinski definition) is 2. The zero-order valence-corrected chi connectivity index (χ0v) is 14.0. The number of rotatable bonds is 6. The van der Waals surface area contributed by atoms with Crippen molar-refractivity contribution in [3.8, 4) is 11.4 Å². The van der Waals surface area contributed by atoms with Crippen LogP contribution in [0.5, 0.6) is 0 Å². The molecule has 4 rings (SSSR count). The summed E-state index contributed by atoms with van der Waals surface area (Å²) in [6.07, 6.45) is 6.06. The minimum atomic E-state index is -0.153. The molecule has 0 aliphatic heterocycles. The maximum Gasteiger partial charge on any atom is 0.243 e. The fourth-order valence-electron chi connectivity index (χ4n) is 2.78. The van der Waals surface area contributed by atoms with E-state index in [1.54, 1.807) is 18.5 Å². The van der Waals surface area contributed by atoms with Crippen LogP contribution in [0.3, 0.4) is 0 Å². The molecule has 3 aromatic heterocycles. The Hall–Kier alpha value is -3.55. The van der Waals surface area contributed by atoms with Gasteiger partial charge >= 0.3 is 0 Å². The van der Waals surface area contributed by atoms with E-state index in [1.807, 2.05) is 30.5 Å². The fourth-order valence-corrected chi connectivity index (χ4v) is 2.78. The van der Waals surface area contributed by atoms with Crippen LogP contribution in [-0.4, -0.2) is 42.6 Å². The van der Waals surface area contributed by atoms with Crippen molar-refractivity contribution in [3.05, 3.63) is 60.6 Å². The second-order valence-corrected chi connectivity index (χ2v) is 5.84. The molecule has 0 fully saturated rings. The molecule has 0 saturated heterocycles. The number of aromatic amines is 1. The van der Waals surface area contributed by atoms with E-state index in [2.05, 4.69) is 36.8 Å². The fraction of sp³-hybridized carbons (Fsp3) is 0.167. The van der Waals surface area contributed by atoms with Gasteiger partial charge in [-0.3, -0.25) is 9.78 Å². The van der Waals surface area contributed by atoms with E-state index in [0.717, 1.165) is 17.5 Å². The number of carbonyl (C=O) groups is 1. The predicted molar refractivity (Wildman–Crippen MR) is 96.1 cm³/mol. The van der Waals surface area contributed by atoms with Gasteiger partial charge in [-0.25, -0.2) is 0 Å². The number of amides is 1. The van der Waals surface area contributed by atoms with Gasteiger partial charge in [0.2, 0.25) is 11.7 Å². The molecule has 0 aliphatic carbocycles. The summed E-state index contributed by atoms with van der Waals surface area (Å²) in [5, 5.41) is 16.1. The summed E-state index contributed by atoms with van der Waals surface area (Å²) in [7, 11) is 0. The first-order valence-corrected chi connectivity index (χ1v) is 8.29.